The SMILES string of the molecule is N#Cc1c(O)cnc(C(F)F)c1OC(F)(F)F. The molecule has 0 amide bonds. The largest absolute Gasteiger partial charge is 0.573 e. The fourth-order valence-electron chi connectivity index (χ4n) is 0.981. The Morgan fingerprint density at radius 2 is 2.00 bits per heavy atom. The normalized spacial score (nSPS) is 11.4. The smallest absolute Gasteiger partial charge is 0.505 e. The van der Waals surface area contributed by atoms with E-state index in [-0.39, 0.29) is 0 Å². The molecule has 1 heterocycles. The van der Waals surface area contributed by atoms with Crippen LogP contribution < -0.4 is 4.74 Å². The number of alkyl halides is 5. The van der Waals surface area contributed by atoms with Gasteiger partial charge in [-0.05, 0) is 0 Å². The standard InChI is InChI=1S/C8H3F5N2O2/c9-7(10)5-6(17-8(11,12)13)3(1-14)4(16)2-15-5/h2,7,16H. The lowest BCUT2D eigenvalue weighted by Crippen LogP contribution is -2.19. The number of hydrogen-bond donors (Lipinski definition) is 1. The highest BCUT2D eigenvalue weighted by atomic mass is 19.4. The van der Waals surface area contributed by atoms with Crippen molar-refractivity contribution in [3.05, 3.63) is 17.5 Å². The molecule has 0 saturated heterocycles. The maximum atomic E-state index is 12.3. The van der Waals surface area contributed by atoms with Crippen LogP contribution in [-0.4, -0.2) is 16.5 Å². The first-order valence-corrected chi connectivity index (χ1v) is 3.92. The molecule has 0 unspecified atom stereocenters. The molecule has 0 aromatic carbocycles. The van der Waals surface area contributed by atoms with Gasteiger partial charge in [0.1, 0.15) is 11.6 Å². The van der Waals surface area contributed by atoms with Crippen LogP contribution in [-0.2, 0) is 0 Å². The van der Waals surface area contributed by atoms with Crippen molar-refractivity contribution in [2.45, 2.75) is 12.8 Å². The van der Waals surface area contributed by atoms with E-state index >= 15 is 0 Å². The van der Waals surface area contributed by atoms with Crippen LogP contribution in [0.5, 0.6) is 11.5 Å². The van der Waals surface area contributed by atoms with Crippen LogP contribution in [0.25, 0.3) is 0 Å². The molecule has 1 N–H and O–H groups in total. The minimum atomic E-state index is -5.27. The van der Waals surface area contributed by atoms with Crippen molar-refractivity contribution in [1.29, 1.82) is 5.26 Å². The van der Waals surface area contributed by atoms with Gasteiger partial charge in [-0.2, -0.15) is 5.26 Å². The summed E-state index contributed by atoms with van der Waals surface area (Å²) < 4.78 is 63.8. The van der Waals surface area contributed by atoms with Crippen molar-refractivity contribution in [2.24, 2.45) is 0 Å². The highest BCUT2D eigenvalue weighted by molar-refractivity contribution is 5.53. The Morgan fingerprint density at radius 1 is 1.41 bits per heavy atom. The Labute approximate surface area is 90.9 Å². The van der Waals surface area contributed by atoms with E-state index in [1.165, 1.54) is 0 Å². The quantitative estimate of drug-likeness (QED) is 0.823. The molecule has 0 bridgehead atoms. The zero-order valence-electron chi connectivity index (χ0n) is 7.79. The van der Waals surface area contributed by atoms with Crippen LogP contribution in [0.15, 0.2) is 6.20 Å². The molecular weight excluding hydrogens is 251 g/mol. The summed E-state index contributed by atoms with van der Waals surface area (Å²) in [5.74, 6) is -2.47. The van der Waals surface area contributed by atoms with E-state index in [1.807, 2.05) is 0 Å². The Kier molecular flexibility index (Phi) is 3.36. The maximum Gasteiger partial charge on any atom is 0.573 e. The van der Waals surface area contributed by atoms with E-state index in [4.69, 9.17) is 10.4 Å². The Hall–Kier alpha value is -2.11. The molecule has 0 aliphatic carbocycles. The number of hydrogen-bond acceptors (Lipinski definition) is 4. The summed E-state index contributed by atoms with van der Waals surface area (Å²) in [5, 5.41) is 17.5. The zero-order valence-corrected chi connectivity index (χ0v) is 7.79. The summed E-state index contributed by atoms with van der Waals surface area (Å²) in [6.07, 6.45) is -8.20. The van der Waals surface area contributed by atoms with Crippen molar-refractivity contribution in [1.82, 2.24) is 4.98 Å². The lowest BCUT2D eigenvalue weighted by Gasteiger charge is -2.13. The summed E-state index contributed by atoms with van der Waals surface area (Å²) in [4.78, 5) is 2.89. The van der Waals surface area contributed by atoms with Gasteiger partial charge in [-0.1, -0.05) is 0 Å². The third-order valence-corrected chi connectivity index (χ3v) is 1.58. The third kappa shape index (κ3) is 2.93. The number of aromatic nitrogens is 1. The average Bonchev–Trinajstić information content (AvgIpc) is 2.15. The number of ether oxygens (including phenoxy) is 1. The molecule has 1 aromatic heterocycles. The summed E-state index contributed by atoms with van der Waals surface area (Å²) in [6.45, 7) is 0. The highest BCUT2D eigenvalue weighted by Gasteiger charge is 2.36. The molecule has 0 spiro atoms. The Balaban J connectivity index is 3.41. The van der Waals surface area contributed by atoms with Gasteiger partial charge in [0.15, 0.2) is 17.2 Å². The van der Waals surface area contributed by atoms with Crippen molar-refractivity contribution in [3.8, 4) is 17.6 Å². The minimum absolute atomic E-state index is 0.448. The second kappa shape index (κ2) is 4.40. The second-order valence-electron chi connectivity index (χ2n) is 2.69. The van der Waals surface area contributed by atoms with E-state index in [1.54, 1.807) is 0 Å². The monoisotopic (exact) mass is 254 g/mol. The number of halogens is 5. The van der Waals surface area contributed by atoms with Crippen LogP contribution >= 0.6 is 0 Å². The van der Waals surface area contributed by atoms with Gasteiger partial charge in [0.25, 0.3) is 6.43 Å². The number of pyridine rings is 1. The summed E-state index contributed by atoms with van der Waals surface area (Å²) in [6, 6.07) is 1.13. The predicted molar refractivity (Wildman–Crippen MR) is 42.3 cm³/mol. The second-order valence-corrected chi connectivity index (χ2v) is 2.69. The Bertz CT molecular complexity index is 466. The molecule has 9 heteroatoms. The lowest BCUT2D eigenvalue weighted by molar-refractivity contribution is -0.275. The first kappa shape index (κ1) is 13.0. The number of rotatable bonds is 2. The van der Waals surface area contributed by atoms with E-state index in [9.17, 15) is 22.0 Å². The van der Waals surface area contributed by atoms with Gasteiger partial charge in [-0.3, -0.25) is 0 Å². The molecule has 1 aromatic rings. The zero-order chi connectivity index (χ0) is 13.2. The van der Waals surface area contributed by atoms with Crippen molar-refractivity contribution in [2.75, 3.05) is 0 Å². The molecule has 92 valence electrons. The molecule has 0 aliphatic rings. The van der Waals surface area contributed by atoms with Gasteiger partial charge in [-0.25, -0.2) is 13.8 Å². The molecule has 0 saturated carbocycles. The van der Waals surface area contributed by atoms with Crippen molar-refractivity contribution < 1.29 is 31.8 Å². The maximum absolute atomic E-state index is 12.3. The lowest BCUT2D eigenvalue weighted by atomic mass is 10.2. The van der Waals surface area contributed by atoms with Crippen LogP contribution in [0.1, 0.15) is 17.7 Å². The fourth-order valence-corrected chi connectivity index (χ4v) is 0.981. The van der Waals surface area contributed by atoms with Gasteiger partial charge in [0.2, 0.25) is 0 Å². The van der Waals surface area contributed by atoms with Crippen LogP contribution in [0.4, 0.5) is 22.0 Å². The van der Waals surface area contributed by atoms with E-state index in [0.29, 0.717) is 6.20 Å². The van der Waals surface area contributed by atoms with Gasteiger partial charge in [-0.15, -0.1) is 13.2 Å². The minimum Gasteiger partial charge on any atom is -0.505 e. The van der Waals surface area contributed by atoms with Gasteiger partial charge < -0.3 is 9.84 Å². The number of nitriles is 1. The number of nitrogens with zero attached hydrogens (tertiary/aromatic N) is 2. The molecule has 0 radical (unpaired) electrons. The highest BCUT2D eigenvalue weighted by Crippen LogP contribution is 2.37. The van der Waals surface area contributed by atoms with E-state index < -0.39 is 35.5 Å². The number of aromatic hydroxyl groups is 1. The summed E-state index contributed by atoms with van der Waals surface area (Å²) in [5.41, 5.74) is -2.41. The van der Waals surface area contributed by atoms with Crippen molar-refractivity contribution in [3.63, 3.8) is 0 Å². The van der Waals surface area contributed by atoms with E-state index in [2.05, 4.69) is 9.72 Å². The average molecular weight is 254 g/mol. The Morgan fingerprint density at radius 3 is 2.41 bits per heavy atom. The molecule has 0 aliphatic heterocycles. The fraction of sp³-hybridized carbons (Fsp3) is 0.250. The topological polar surface area (TPSA) is 66.1 Å². The van der Waals surface area contributed by atoms with Crippen molar-refractivity contribution >= 4 is 0 Å². The molecule has 0 atom stereocenters. The van der Waals surface area contributed by atoms with E-state index in [0.717, 1.165) is 6.07 Å². The van der Waals surface area contributed by atoms with Gasteiger partial charge >= 0.3 is 6.36 Å². The van der Waals surface area contributed by atoms with Gasteiger partial charge in [0.05, 0.1) is 6.20 Å². The first-order valence-electron chi connectivity index (χ1n) is 3.92. The molecular formula is C8H3F5N2O2. The molecule has 17 heavy (non-hydrogen) atoms. The van der Waals surface area contributed by atoms with Crippen LogP contribution in [0, 0.1) is 11.3 Å². The summed E-state index contributed by atoms with van der Waals surface area (Å²) >= 11 is 0. The van der Waals surface area contributed by atoms with Crippen LogP contribution in [0.3, 0.4) is 0 Å². The first-order chi connectivity index (χ1) is 7.76. The van der Waals surface area contributed by atoms with Gasteiger partial charge in [0, 0.05) is 0 Å². The summed E-state index contributed by atoms with van der Waals surface area (Å²) in [7, 11) is 0. The third-order valence-electron chi connectivity index (χ3n) is 1.58. The molecule has 4 nitrogen and oxygen atoms in total. The molecule has 1 rings (SSSR count). The predicted octanol–water partition coefficient (Wildman–Crippen LogP) is 2.50. The molecule has 0 fully saturated rings. The van der Waals surface area contributed by atoms with Crippen LogP contribution in [0.2, 0.25) is 0 Å².